The number of aliphatic hydroxyl groups excluding tert-OH is 1. The van der Waals surface area contributed by atoms with Crippen molar-refractivity contribution in [2.75, 3.05) is 6.61 Å². The maximum atomic E-state index is 13.0. The molecule has 1 aliphatic carbocycles. The third kappa shape index (κ3) is 4.52. The summed E-state index contributed by atoms with van der Waals surface area (Å²) >= 11 is 0. The van der Waals surface area contributed by atoms with Crippen LogP contribution in [0.15, 0.2) is 31.0 Å². The number of amides is 1. The molecule has 3 heterocycles. The molecule has 1 fully saturated rings. The van der Waals surface area contributed by atoms with Crippen LogP contribution in [-0.2, 0) is 4.74 Å². The Morgan fingerprint density at radius 3 is 2.83 bits per heavy atom. The van der Waals surface area contributed by atoms with E-state index in [4.69, 9.17) is 4.74 Å². The Bertz CT molecular complexity index is 976. The molecule has 30 heavy (non-hydrogen) atoms. The Labute approximate surface area is 174 Å². The first-order valence-electron chi connectivity index (χ1n) is 10.4. The number of fused-ring (bicyclic) bond motifs is 1. The van der Waals surface area contributed by atoms with E-state index in [9.17, 15) is 9.90 Å². The molecule has 4 rings (SSSR count). The van der Waals surface area contributed by atoms with Crippen LogP contribution in [0.4, 0.5) is 0 Å². The number of H-pyrrole nitrogens is 1. The van der Waals surface area contributed by atoms with Gasteiger partial charge in [-0.2, -0.15) is 0 Å². The van der Waals surface area contributed by atoms with Gasteiger partial charge in [-0.3, -0.25) is 9.36 Å². The van der Waals surface area contributed by atoms with Crippen LogP contribution in [-0.4, -0.2) is 60.4 Å². The zero-order valence-electron chi connectivity index (χ0n) is 17.3. The van der Waals surface area contributed by atoms with Crippen molar-refractivity contribution in [2.45, 2.75) is 57.8 Å². The molecule has 1 amide bonds. The quantitative estimate of drug-likeness (QED) is 0.548. The van der Waals surface area contributed by atoms with Crippen molar-refractivity contribution < 1.29 is 14.6 Å². The van der Waals surface area contributed by atoms with Gasteiger partial charge in [0.2, 0.25) is 5.95 Å². The van der Waals surface area contributed by atoms with Crippen LogP contribution in [0.1, 0.15) is 50.0 Å². The Kier molecular flexibility index (Phi) is 6.10. The average molecular weight is 412 g/mol. The Hall–Kier alpha value is -2.78. The lowest BCUT2D eigenvalue weighted by Crippen LogP contribution is -2.40. The molecule has 0 bridgehead atoms. The number of aromatic nitrogens is 5. The summed E-state index contributed by atoms with van der Waals surface area (Å²) in [6, 6.07) is 1.89. The number of nitrogens with one attached hydrogen (secondary N) is 2. The van der Waals surface area contributed by atoms with Gasteiger partial charge in [-0.25, -0.2) is 15.0 Å². The van der Waals surface area contributed by atoms with Crippen molar-refractivity contribution in [1.29, 1.82) is 0 Å². The number of hydrogen-bond acceptors (Lipinski definition) is 6. The van der Waals surface area contributed by atoms with E-state index < -0.39 is 6.10 Å². The molecule has 3 aromatic rings. The molecular formula is C21H28N6O3. The Morgan fingerprint density at radius 2 is 2.13 bits per heavy atom. The molecular weight excluding hydrogens is 384 g/mol. The first kappa shape index (κ1) is 20.5. The van der Waals surface area contributed by atoms with E-state index in [0.717, 1.165) is 25.7 Å². The van der Waals surface area contributed by atoms with Gasteiger partial charge in [-0.05, 0) is 37.7 Å². The number of carbonyl (C=O) groups excluding carboxylic acids is 1. The summed E-state index contributed by atoms with van der Waals surface area (Å²) in [4.78, 5) is 29.1. The van der Waals surface area contributed by atoms with E-state index in [-0.39, 0.29) is 24.0 Å². The second kappa shape index (κ2) is 8.93. The standard InChI is InChI=1S/C21H28N6O3/c1-13(2)17(28)11-30-15-5-3-14(4-6-15)24-20(29)19-18-16(7-8-23-18)25-21(26-19)27-10-9-22-12-27/h7-10,12-15,17,23,28H,3-6,11H2,1-2H3,(H,24,29)/t14-,15-,17-/m1/s1. The fraction of sp³-hybridized carbons (Fsp3) is 0.524. The van der Waals surface area contributed by atoms with Gasteiger partial charge in [0.15, 0.2) is 5.69 Å². The van der Waals surface area contributed by atoms with E-state index >= 15 is 0 Å². The minimum atomic E-state index is -0.437. The maximum Gasteiger partial charge on any atom is 0.272 e. The Morgan fingerprint density at radius 1 is 1.33 bits per heavy atom. The van der Waals surface area contributed by atoms with E-state index in [1.807, 2.05) is 19.9 Å². The van der Waals surface area contributed by atoms with Crippen molar-refractivity contribution in [3.05, 3.63) is 36.7 Å². The van der Waals surface area contributed by atoms with Gasteiger partial charge in [0.1, 0.15) is 6.33 Å². The van der Waals surface area contributed by atoms with Gasteiger partial charge in [-0.1, -0.05) is 13.8 Å². The van der Waals surface area contributed by atoms with Gasteiger partial charge in [0.05, 0.1) is 29.8 Å². The number of carbonyl (C=O) groups is 1. The summed E-state index contributed by atoms with van der Waals surface area (Å²) in [5.41, 5.74) is 1.63. The number of nitrogens with zero attached hydrogens (tertiary/aromatic N) is 4. The summed E-state index contributed by atoms with van der Waals surface area (Å²) in [6.07, 6.45) is 9.83. The van der Waals surface area contributed by atoms with Crippen molar-refractivity contribution >= 4 is 16.9 Å². The van der Waals surface area contributed by atoms with Gasteiger partial charge in [0, 0.05) is 24.6 Å². The lowest BCUT2D eigenvalue weighted by atomic mass is 9.92. The van der Waals surface area contributed by atoms with Crippen molar-refractivity contribution in [1.82, 2.24) is 29.8 Å². The minimum Gasteiger partial charge on any atom is -0.390 e. The number of ether oxygens (including phenoxy) is 1. The zero-order chi connectivity index (χ0) is 21.1. The molecule has 0 radical (unpaired) electrons. The van der Waals surface area contributed by atoms with E-state index in [1.54, 1.807) is 29.5 Å². The fourth-order valence-corrected chi connectivity index (χ4v) is 3.64. The molecule has 0 aromatic carbocycles. The lowest BCUT2D eigenvalue weighted by Gasteiger charge is -2.30. The van der Waals surface area contributed by atoms with Crippen LogP contribution in [0.3, 0.4) is 0 Å². The summed E-state index contributed by atoms with van der Waals surface area (Å²) < 4.78 is 7.53. The fourth-order valence-electron chi connectivity index (χ4n) is 3.64. The maximum absolute atomic E-state index is 13.0. The molecule has 9 nitrogen and oxygen atoms in total. The summed E-state index contributed by atoms with van der Waals surface area (Å²) in [6.45, 7) is 4.32. The number of aromatic amines is 1. The SMILES string of the molecule is CC(C)[C@H](O)CO[C@H]1CC[C@H](NC(=O)c2nc(-n3ccnc3)nc3cc[nH]c23)CC1. The number of imidazole rings is 1. The molecule has 0 saturated heterocycles. The van der Waals surface area contributed by atoms with Crippen molar-refractivity contribution in [3.8, 4) is 5.95 Å². The monoisotopic (exact) mass is 412 g/mol. The normalized spacial score (nSPS) is 20.5. The Balaban J connectivity index is 1.39. The highest BCUT2D eigenvalue weighted by Gasteiger charge is 2.26. The van der Waals surface area contributed by atoms with Gasteiger partial charge in [-0.15, -0.1) is 0 Å². The molecule has 9 heteroatoms. The van der Waals surface area contributed by atoms with Crippen molar-refractivity contribution in [3.63, 3.8) is 0 Å². The van der Waals surface area contributed by atoms with Crippen LogP contribution < -0.4 is 5.32 Å². The van der Waals surface area contributed by atoms with E-state index in [1.165, 1.54) is 0 Å². The molecule has 1 aliphatic rings. The van der Waals surface area contributed by atoms with Crippen LogP contribution in [0, 0.1) is 5.92 Å². The van der Waals surface area contributed by atoms with Gasteiger partial charge >= 0.3 is 0 Å². The van der Waals surface area contributed by atoms with Crippen LogP contribution >= 0.6 is 0 Å². The molecule has 0 unspecified atom stereocenters. The summed E-state index contributed by atoms with van der Waals surface area (Å²) in [7, 11) is 0. The van der Waals surface area contributed by atoms with E-state index in [0.29, 0.717) is 29.3 Å². The van der Waals surface area contributed by atoms with Gasteiger partial charge in [0.25, 0.3) is 5.91 Å². The third-order valence-corrected chi connectivity index (χ3v) is 5.63. The molecule has 1 saturated carbocycles. The first-order valence-corrected chi connectivity index (χ1v) is 10.4. The topological polar surface area (TPSA) is 118 Å². The lowest BCUT2D eigenvalue weighted by molar-refractivity contribution is -0.0399. The van der Waals surface area contributed by atoms with Gasteiger partial charge < -0.3 is 20.1 Å². The average Bonchev–Trinajstić information content (AvgIpc) is 3.43. The number of aliphatic hydroxyl groups is 1. The molecule has 0 spiro atoms. The molecule has 3 N–H and O–H groups in total. The van der Waals surface area contributed by atoms with Crippen LogP contribution in [0.2, 0.25) is 0 Å². The number of hydrogen-bond donors (Lipinski definition) is 3. The van der Waals surface area contributed by atoms with Crippen LogP contribution in [0.25, 0.3) is 17.0 Å². The predicted molar refractivity (Wildman–Crippen MR) is 111 cm³/mol. The molecule has 160 valence electrons. The summed E-state index contributed by atoms with van der Waals surface area (Å²) in [5.74, 6) is 0.377. The zero-order valence-corrected chi connectivity index (χ0v) is 17.3. The van der Waals surface area contributed by atoms with Crippen LogP contribution in [0.5, 0.6) is 0 Å². The third-order valence-electron chi connectivity index (χ3n) is 5.63. The molecule has 3 aromatic heterocycles. The van der Waals surface area contributed by atoms with E-state index in [2.05, 4.69) is 25.3 Å². The minimum absolute atomic E-state index is 0.0732. The predicted octanol–water partition coefficient (Wildman–Crippen LogP) is 2.22. The highest BCUT2D eigenvalue weighted by Crippen LogP contribution is 2.23. The number of rotatable bonds is 7. The first-order chi connectivity index (χ1) is 14.5. The highest BCUT2D eigenvalue weighted by molar-refractivity contribution is 6.03. The summed E-state index contributed by atoms with van der Waals surface area (Å²) in [5, 5.41) is 13.0. The second-order valence-corrected chi connectivity index (χ2v) is 8.17. The molecule has 0 aliphatic heterocycles. The second-order valence-electron chi connectivity index (χ2n) is 8.17. The molecule has 1 atom stereocenters. The van der Waals surface area contributed by atoms with Crippen molar-refractivity contribution in [2.24, 2.45) is 5.92 Å². The largest absolute Gasteiger partial charge is 0.390 e. The highest BCUT2D eigenvalue weighted by atomic mass is 16.5. The smallest absolute Gasteiger partial charge is 0.272 e.